The van der Waals surface area contributed by atoms with Crippen molar-refractivity contribution in [2.75, 3.05) is 13.7 Å². The lowest BCUT2D eigenvalue weighted by Gasteiger charge is -2.35. The average molecular weight is 464 g/mol. The molecule has 1 aromatic rings. The van der Waals surface area contributed by atoms with Crippen LogP contribution in [-0.4, -0.2) is 53.6 Å². The van der Waals surface area contributed by atoms with E-state index in [0.29, 0.717) is 18.6 Å². The molecule has 0 aromatic heterocycles. The molecule has 0 spiro atoms. The Hall–Kier alpha value is -2.61. The van der Waals surface area contributed by atoms with Crippen LogP contribution in [-0.2, 0) is 19.0 Å². The van der Waals surface area contributed by atoms with Crippen molar-refractivity contribution in [3.63, 3.8) is 0 Å². The van der Waals surface area contributed by atoms with E-state index in [1.54, 1.807) is 39.0 Å². The van der Waals surface area contributed by atoms with E-state index in [9.17, 15) is 9.59 Å². The highest BCUT2D eigenvalue weighted by molar-refractivity contribution is 7.79. The highest BCUT2D eigenvalue weighted by Crippen LogP contribution is 2.44. The summed E-state index contributed by atoms with van der Waals surface area (Å²) in [5, 5.41) is -0.0849. The van der Waals surface area contributed by atoms with Crippen LogP contribution in [0.25, 0.3) is 0 Å². The van der Waals surface area contributed by atoms with Crippen molar-refractivity contribution in [2.45, 2.75) is 65.2 Å². The van der Waals surface area contributed by atoms with Gasteiger partial charge in [-0.3, -0.25) is 4.90 Å². The first-order valence-electron chi connectivity index (χ1n) is 10.5. The Balaban J connectivity index is 2.32. The number of methoxy groups -OCH3 is 1. The minimum absolute atomic E-state index is 0.0849. The maximum absolute atomic E-state index is 13.0. The maximum atomic E-state index is 13.0. The van der Waals surface area contributed by atoms with Crippen LogP contribution in [0, 0.1) is 12.3 Å². The molecular weight excluding hydrogens is 430 g/mol. The van der Waals surface area contributed by atoms with Crippen LogP contribution in [0.5, 0.6) is 5.75 Å². The van der Waals surface area contributed by atoms with Gasteiger partial charge in [0.1, 0.15) is 23.5 Å². The minimum Gasteiger partial charge on any atom is -0.467 e. The number of hydrogen-bond donors (Lipinski definition) is 0. The van der Waals surface area contributed by atoms with Crippen LogP contribution in [0.2, 0.25) is 0 Å². The van der Waals surface area contributed by atoms with Crippen LogP contribution in [0.4, 0.5) is 4.79 Å². The van der Waals surface area contributed by atoms with E-state index in [-0.39, 0.29) is 11.8 Å². The summed E-state index contributed by atoms with van der Waals surface area (Å²) in [4.78, 5) is 27.1. The second-order valence-corrected chi connectivity index (χ2v) is 9.50. The van der Waals surface area contributed by atoms with Crippen molar-refractivity contribution in [1.29, 1.82) is 0 Å². The van der Waals surface area contributed by atoms with E-state index in [4.69, 9.17) is 31.2 Å². The van der Waals surface area contributed by atoms with Crippen LogP contribution < -0.4 is 4.74 Å². The third kappa shape index (κ3) is 6.22. The summed E-state index contributed by atoms with van der Waals surface area (Å²) >= 11 is 5.33. The molecule has 1 saturated heterocycles. The molecule has 3 atom stereocenters. The predicted molar refractivity (Wildman–Crippen MR) is 126 cm³/mol. The second kappa shape index (κ2) is 10.3. The number of amides is 1. The smallest absolute Gasteiger partial charge is 0.411 e. The van der Waals surface area contributed by atoms with Gasteiger partial charge in [0.15, 0.2) is 0 Å². The number of rotatable bonds is 6. The van der Waals surface area contributed by atoms with Gasteiger partial charge in [-0.25, -0.2) is 9.59 Å². The zero-order valence-corrected chi connectivity index (χ0v) is 20.5. The van der Waals surface area contributed by atoms with Gasteiger partial charge in [0.05, 0.1) is 13.7 Å². The van der Waals surface area contributed by atoms with Crippen molar-refractivity contribution >= 4 is 29.5 Å². The normalized spacial score (nSPS) is 22.8. The standard InChI is InChI=1S/C24H33NO6S/c1-8-9-14-24(6)18(30-22(32)29-17-12-10-16(2)11-13-17)15-25(19(24)20(26)28-7)21(27)31-23(3,4)5/h8,10-13,18-19H,1,9,14-15H2,2-7H3/t18-,19-,24-/m1/s1. The van der Waals surface area contributed by atoms with Crippen molar-refractivity contribution in [1.82, 2.24) is 4.90 Å². The number of ether oxygens (including phenoxy) is 4. The summed E-state index contributed by atoms with van der Waals surface area (Å²) in [7, 11) is 1.29. The molecule has 32 heavy (non-hydrogen) atoms. The third-order valence-corrected chi connectivity index (χ3v) is 5.61. The highest BCUT2D eigenvalue weighted by Gasteiger charge is 2.58. The van der Waals surface area contributed by atoms with E-state index in [1.165, 1.54) is 12.0 Å². The molecule has 1 aliphatic rings. The number of likely N-dealkylation sites (tertiary alicyclic amines) is 1. The van der Waals surface area contributed by atoms with Crippen molar-refractivity contribution in [2.24, 2.45) is 5.41 Å². The van der Waals surface area contributed by atoms with Gasteiger partial charge < -0.3 is 18.9 Å². The van der Waals surface area contributed by atoms with E-state index < -0.39 is 35.2 Å². The first kappa shape index (κ1) is 25.6. The Labute approximate surface area is 195 Å². The number of carbonyl (C=O) groups is 2. The zero-order valence-electron chi connectivity index (χ0n) is 19.7. The number of thiocarbonyl (C=S) groups is 1. The number of benzene rings is 1. The topological polar surface area (TPSA) is 74.3 Å². The third-order valence-electron chi connectivity index (χ3n) is 5.43. The summed E-state index contributed by atoms with van der Waals surface area (Å²) < 4.78 is 22.3. The summed E-state index contributed by atoms with van der Waals surface area (Å²) in [6.45, 7) is 13.0. The molecule has 0 aliphatic carbocycles. The molecule has 176 valence electrons. The molecule has 1 heterocycles. The largest absolute Gasteiger partial charge is 0.467 e. The Bertz CT molecular complexity index is 847. The number of aryl methyl sites for hydroxylation is 1. The van der Waals surface area contributed by atoms with Gasteiger partial charge >= 0.3 is 17.3 Å². The van der Waals surface area contributed by atoms with E-state index in [1.807, 2.05) is 26.0 Å². The van der Waals surface area contributed by atoms with Crippen molar-refractivity contribution in [3.8, 4) is 5.75 Å². The first-order valence-corrected chi connectivity index (χ1v) is 11.0. The Morgan fingerprint density at radius 2 is 1.91 bits per heavy atom. The molecular formula is C24H33NO6S. The molecule has 0 unspecified atom stereocenters. The fourth-order valence-corrected chi connectivity index (χ4v) is 3.97. The number of esters is 1. The Morgan fingerprint density at radius 3 is 2.44 bits per heavy atom. The molecule has 7 nitrogen and oxygen atoms in total. The summed E-state index contributed by atoms with van der Waals surface area (Å²) in [6.07, 6.45) is 1.66. The van der Waals surface area contributed by atoms with Crippen molar-refractivity contribution < 1.29 is 28.5 Å². The molecule has 0 bridgehead atoms. The van der Waals surface area contributed by atoms with E-state index in [0.717, 1.165) is 5.56 Å². The second-order valence-electron chi connectivity index (χ2n) is 9.16. The van der Waals surface area contributed by atoms with Crippen molar-refractivity contribution in [3.05, 3.63) is 42.5 Å². The maximum Gasteiger partial charge on any atom is 0.411 e. The number of nitrogens with zero attached hydrogens (tertiary/aromatic N) is 1. The van der Waals surface area contributed by atoms with Gasteiger partial charge in [-0.05, 0) is 52.7 Å². The van der Waals surface area contributed by atoms with Crippen LogP contribution in [0.15, 0.2) is 36.9 Å². The molecule has 1 aromatic carbocycles. The Morgan fingerprint density at radius 1 is 1.28 bits per heavy atom. The van der Waals surface area contributed by atoms with Gasteiger partial charge in [0.2, 0.25) is 0 Å². The first-order chi connectivity index (χ1) is 14.9. The molecule has 0 saturated carbocycles. The number of hydrogen-bond acceptors (Lipinski definition) is 7. The van der Waals surface area contributed by atoms with Gasteiger partial charge in [-0.2, -0.15) is 0 Å². The van der Waals surface area contributed by atoms with Crippen LogP contribution in [0.1, 0.15) is 46.1 Å². The fourth-order valence-electron chi connectivity index (χ4n) is 3.76. The molecule has 0 N–H and O–H groups in total. The van der Waals surface area contributed by atoms with Gasteiger partial charge in [-0.1, -0.05) is 30.7 Å². The van der Waals surface area contributed by atoms with Crippen LogP contribution >= 0.6 is 12.2 Å². The highest BCUT2D eigenvalue weighted by atomic mass is 32.1. The fraction of sp³-hybridized carbons (Fsp3) is 0.542. The Kier molecular flexibility index (Phi) is 8.29. The lowest BCUT2D eigenvalue weighted by Crippen LogP contribution is -2.50. The molecule has 2 rings (SSSR count). The minimum atomic E-state index is -0.908. The zero-order chi connectivity index (χ0) is 24.1. The van der Waals surface area contributed by atoms with Gasteiger partial charge in [0.25, 0.3) is 0 Å². The lowest BCUT2D eigenvalue weighted by molar-refractivity contribution is -0.150. The summed E-state index contributed by atoms with van der Waals surface area (Å²) in [5.74, 6) is -0.00111. The van der Waals surface area contributed by atoms with E-state index >= 15 is 0 Å². The molecule has 8 heteroatoms. The monoisotopic (exact) mass is 463 g/mol. The molecule has 1 aliphatic heterocycles. The summed E-state index contributed by atoms with van der Waals surface area (Å²) in [5.41, 5.74) is -0.442. The number of allylic oxidation sites excluding steroid dienone is 1. The SMILES string of the molecule is C=CCC[C@]1(C)[C@H](OC(=S)Oc2ccc(C)cc2)CN(C(=O)OC(C)(C)C)[C@@H]1C(=O)OC. The molecule has 1 amide bonds. The lowest BCUT2D eigenvalue weighted by atomic mass is 9.76. The quantitative estimate of drug-likeness (QED) is 0.340. The van der Waals surface area contributed by atoms with E-state index in [2.05, 4.69) is 6.58 Å². The van der Waals surface area contributed by atoms with Gasteiger partial charge in [-0.15, -0.1) is 6.58 Å². The molecule has 0 radical (unpaired) electrons. The molecule has 1 fully saturated rings. The summed E-state index contributed by atoms with van der Waals surface area (Å²) in [6, 6.07) is 6.48. The predicted octanol–water partition coefficient (Wildman–Crippen LogP) is 4.81. The average Bonchev–Trinajstić information content (AvgIpc) is 2.99. The number of carbonyl (C=O) groups excluding carboxylic acids is 2. The van der Waals surface area contributed by atoms with Crippen LogP contribution in [0.3, 0.4) is 0 Å². The van der Waals surface area contributed by atoms with Gasteiger partial charge in [0, 0.05) is 17.6 Å².